The van der Waals surface area contributed by atoms with E-state index < -0.39 is 41.6 Å². The van der Waals surface area contributed by atoms with Gasteiger partial charge >= 0.3 is 5.97 Å². The quantitative estimate of drug-likeness (QED) is 0.366. The van der Waals surface area contributed by atoms with Gasteiger partial charge in [-0.15, -0.1) is 6.58 Å². The molecule has 9 heteroatoms. The van der Waals surface area contributed by atoms with Gasteiger partial charge in [0.05, 0.1) is 47.9 Å². The molecule has 3 heterocycles. The summed E-state index contributed by atoms with van der Waals surface area (Å²) in [6.45, 7) is 11.5. The van der Waals surface area contributed by atoms with Gasteiger partial charge in [0.15, 0.2) is 0 Å². The molecule has 37 heavy (non-hydrogen) atoms. The first-order valence-electron chi connectivity index (χ1n) is 13.1. The van der Waals surface area contributed by atoms with Gasteiger partial charge in [-0.3, -0.25) is 14.4 Å². The highest BCUT2D eigenvalue weighted by Crippen LogP contribution is 2.59. The Hall–Kier alpha value is -2.42. The standard InChI is InChI=1S/C28H37ClN2O6/c1-6-13-30(23-17(5)9-8-10-19(23)29)26(34)24-28-12-11-20(37-28)21(27(35)36-7-2)22(28)25(33)31(24)18(15-32)14-16(3)4/h6,8-10,16,18,20-22,24,32H,1,7,11-15H2,2-5H3/t18-,20-,21+,22+,24-,28+/m1/s1. The van der Waals surface area contributed by atoms with Crippen molar-refractivity contribution >= 4 is 35.1 Å². The summed E-state index contributed by atoms with van der Waals surface area (Å²) in [5, 5.41) is 10.8. The average Bonchev–Trinajstić information content (AvgIpc) is 3.49. The molecule has 4 rings (SSSR count). The average molecular weight is 533 g/mol. The van der Waals surface area contributed by atoms with Crippen LogP contribution in [0.15, 0.2) is 30.9 Å². The summed E-state index contributed by atoms with van der Waals surface area (Å²) in [6.07, 6.45) is 2.63. The maximum atomic E-state index is 14.6. The number of benzene rings is 1. The van der Waals surface area contributed by atoms with Gasteiger partial charge in [-0.05, 0) is 50.7 Å². The highest BCUT2D eigenvalue weighted by molar-refractivity contribution is 6.34. The normalized spacial score (nSPS) is 28.9. The second-order valence-corrected chi connectivity index (χ2v) is 11.1. The van der Waals surface area contributed by atoms with Crippen LogP contribution in [0.1, 0.15) is 45.6 Å². The summed E-state index contributed by atoms with van der Waals surface area (Å²) in [6, 6.07) is 3.77. The fourth-order valence-corrected chi connectivity index (χ4v) is 6.95. The third-order valence-electron chi connectivity index (χ3n) is 7.91. The van der Waals surface area contributed by atoms with Gasteiger partial charge in [0.2, 0.25) is 5.91 Å². The number of hydrogen-bond donors (Lipinski definition) is 1. The van der Waals surface area contributed by atoms with E-state index in [1.807, 2.05) is 32.9 Å². The monoisotopic (exact) mass is 532 g/mol. The number of aryl methyl sites for hydroxylation is 1. The van der Waals surface area contributed by atoms with E-state index in [1.165, 1.54) is 4.90 Å². The zero-order valence-corrected chi connectivity index (χ0v) is 22.7. The van der Waals surface area contributed by atoms with Gasteiger partial charge in [0.25, 0.3) is 5.91 Å². The van der Waals surface area contributed by atoms with Gasteiger partial charge in [0.1, 0.15) is 11.6 Å². The van der Waals surface area contributed by atoms with Crippen LogP contribution in [-0.4, -0.2) is 71.3 Å². The Morgan fingerprint density at radius 3 is 2.73 bits per heavy atom. The molecular formula is C28H37ClN2O6. The molecule has 3 aliphatic rings. The molecule has 1 aromatic rings. The molecule has 1 spiro atoms. The fourth-order valence-electron chi connectivity index (χ4n) is 6.62. The molecular weight excluding hydrogens is 496 g/mol. The molecule has 1 N–H and O–H groups in total. The number of amides is 2. The topological polar surface area (TPSA) is 96.4 Å². The number of para-hydroxylation sites is 1. The summed E-state index contributed by atoms with van der Waals surface area (Å²) in [4.78, 5) is 44.8. The summed E-state index contributed by atoms with van der Waals surface area (Å²) in [5.74, 6) is -2.65. The van der Waals surface area contributed by atoms with Crippen LogP contribution in [0.25, 0.3) is 0 Å². The second kappa shape index (κ2) is 10.8. The third kappa shape index (κ3) is 4.47. The van der Waals surface area contributed by atoms with Crippen LogP contribution in [0.3, 0.4) is 0 Å². The lowest BCUT2D eigenvalue weighted by Crippen LogP contribution is -2.59. The van der Waals surface area contributed by atoms with Crippen LogP contribution in [0.2, 0.25) is 5.02 Å². The largest absolute Gasteiger partial charge is 0.466 e. The van der Waals surface area contributed by atoms with E-state index in [0.717, 1.165) is 5.56 Å². The third-order valence-corrected chi connectivity index (χ3v) is 8.22. The van der Waals surface area contributed by atoms with Crippen molar-refractivity contribution in [2.75, 3.05) is 24.7 Å². The van der Waals surface area contributed by atoms with Crippen molar-refractivity contribution in [1.82, 2.24) is 4.90 Å². The number of hydrogen-bond acceptors (Lipinski definition) is 6. The predicted molar refractivity (Wildman–Crippen MR) is 140 cm³/mol. The lowest BCUT2D eigenvalue weighted by Gasteiger charge is -2.40. The van der Waals surface area contributed by atoms with Crippen LogP contribution >= 0.6 is 11.6 Å². The molecule has 202 valence electrons. The number of aliphatic hydroxyl groups excluding tert-OH is 1. The number of carbonyl (C=O) groups is 3. The minimum atomic E-state index is -1.19. The molecule has 0 aliphatic carbocycles. The number of halogens is 1. The number of anilines is 1. The SMILES string of the molecule is C=CCN(C(=O)[C@H]1N([C@@H](CO)CC(C)C)C(=O)[C@@H]2[C@@H](C(=O)OCC)[C@H]3CC[C@]21O3)c1c(C)cccc1Cl. The highest BCUT2D eigenvalue weighted by atomic mass is 35.5. The number of fused-ring (bicyclic) bond motifs is 1. The van der Waals surface area contributed by atoms with E-state index in [9.17, 15) is 19.5 Å². The molecule has 8 nitrogen and oxygen atoms in total. The van der Waals surface area contributed by atoms with Crippen molar-refractivity contribution in [3.05, 3.63) is 41.4 Å². The van der Waals surface area contributed by atoms with Crippen molar-refractivity contribution < 1.29 is 29.0 Å². The Morgan fingerprint density at radius 2 is 2.14 bits per heavy atom. The first-order valence-corrected chi connectivity index (χ1v) is 13.5. The van der Waals surface area contributed by atoms with E-state index in [1.54, 1.807) is 24.0 Å². The van der Waals surface area contributed by atoms with Crippen LogP contribution in [0, 0.1) is 24.7 Å². The Bertz CT molecular complexity index is 1060. The lowest BCUT2D eigenvalue weighted by atomic mass is 9.70. The van der Waals surface area contributed by atoms with Gasteiger partial charge in [-0.2, -0.15) is 0 Å². The van der Waals surface area contributed by atoms with Crippen LogP contribution in [-0.2, 0) is 23.9 Å². The van der Waals surface area contributed by atoms with Crippen molar-refractivity contribution in [2.45, 2.75) is 70.7 Å². The predicted octanol–water partition coefficient (Wildman–Crippen LogP) is 3.51. The van der Waals surface area contributed by atoms with Crippen molar-refractivity contribution in [3.8, 4) is 0 Å². The number of aliphatic hydroxyl groups is 1. The van der Waals surface area contributed by atoms with E-state index in [-0.39, 0.29) is 37.5 Å². The summed E-state index contributed by atoms with van der Waals surface area (Å²) in [5.41, 5.74) is 0.157. The molecule has 3 aliphatic heterocycles. The van der Waals surface area contributed by atoms with Gasteiger partial charge in [-0.25, -0.2) is 0 Å². The summed E-state index contributed by atoms with van der Waals surface area (Å²) in [7, 11) is 0. The Morgan fingerprint density at radius 1 is 1.41 bits per heavy atom. The van der Waals surface area contributed by atoms with E-state index in [0.29, 0.717) is 30.0 Å². The molecule has 3 fully saturated rings. The van der Waals surface area contributed by atoms with Gasteiger partial charge in [-0.1, -0.05) is 43.7 Å². The number of nitrogens with zero attached hydrogens (tertiary/aromatic N) is 2. The Kier molecular flexibility index (Phi) is 8.02. The minimum absolute atomic E-state index is 0.159. The van der Waals surface area contributed by atoms with Gasteiger partial charge < -0.3 is 24.4 Å². The molecule has 2 amide bonds. The molecule has 2 bridgehead atoms. The smallest absolute Gasteiger partial charge is 0.312 e. The Labute approximate surface area is 223 Å². The van der Waals surface area contributed by atoms with Crippen molar-refractivity contribution in [3.63, 3.8) is 0 Å². The number of esters is 1. The first kappa shape index (κ1) is 27.6. The highest BCUT2D eigenvalue weighted by Gasteiger charge is 2.75. The number of ether oxygens (including phenoxy) is 2. The van der Waals surface area contributed by atoms with Crippen molar-refractivity contribution in [1.29, 1.82) is 0 Å². The zero-order chi connectivity index (χ0) is 27.1. The number of carbonyl (C=O) groups excluding carboxylic acids is 3. The Balaban J connectivity index is 1.86. The zero-order valence-electron chi connectivity index (χ0n) is 22.0. The summed E-state index contributed by atoms with van der Waals surface area (Å²) >= 11 is 6.58. The van der Waals surface area contributed by atoms with Gasteiger partial charge in [0, 0.05) is 6.54 Å². The maximum Gasteiger partial charge on any atom is 0.312 e. The molecule has 1 aromatic carbocycles. The number of rotatable bonds is 10. The first-order chi connectivity index (χ1) is 17.6. The molecule has 0 aromatic heterocycles. The van der Waals surface area contributed by atoms with Crippen LogP contribution in [0.5, 0.6) is 0 Å². The van der Waals surface area contributed by atoms with Crippen LogP contribution in [0.4, 0.5) is 5.69 Å². The van der Waals surface area contributed by atoms with Crippen molar-refractivity contribution in [2.24, 2.45) is 17.8 Å². The molecule has 0 saturated carbocycles. The second-order valence-electron chi connectivity index (χ2n) is 10.7. The lowest BCUT2D eigenvalue weighted by molar-refractivity contribution is -0.155. The molecule has 0 unspecified atom stereocenters. The number of likely N-dealkylation sites (tertiary alicyclic amines) is 1. The van der Waals surface area contributed by atoms with E-state index in [4.69, 9.17) is 21.1 Å². The fraction of sp³-hybridized carbons (Fsp3) is 0.607. The van der Waals surface area contributed by atoms with E-state index >= 15 is 0 Å². The summed E-state index contributed by atoms with van der Waals surface area (Å²) < 4.78 is 11.8. The molecule has 6 atom stereocenters. The molecule has 0 radical (unpaired) electrons. The van der Waals surface area contributed by atoms with Crippen LogP contribution < -0.4 is 4.90 Å². The maximum absolute atomic E-state index is 14.6. The minimum Gasteiger partial charge on any atom is -0.466 e. The molecule has 3 saturated heterocycles. The van der Waals surface area contributed by atoms with E-state index in [2.05, 4.69) is 6.58 Å².